The molecule has 4 rings (SSSR count). The zero-order valence-electron chi connectivity index (χ0n) is 22.6. The van der Waals surface area contributed by atoms with Gasteiger partial charge in [0.15, 0.2) is 0 Å². The molecule has 5 heteroatoms. The zero-order chi connectivity index (χ0) is 25.6. The van der Waals surface area contributed by atoms with Gasteiger partial charge in [0.25, 0.3) is 0 Å². The molecule has 0 spiro atoms. The van der Waals surface area contributed by atoms with Gasteiger partial charge in [-0.2, -0.15) is 0 Å². The Bertz CT molecular complexity index is 897. The first-order chi connectivity index (χ1) is 17.2. The summed E-state index contributed by atoms with van der Waals surface area (Å²) in [5.74, 6) is 0.680. The lowest BCUT2D eigenvalue weighted by atomic mass is 9.84. The molecule has 1 saturated carbocycles. The standard InChI is InChI=1S/C31H44N2O3/c1-30(2)24-36-31(3,4)33(30)29(34)35-23-28(20-25-14-8-5-9-15-25)32(21-26-16-10-6-11-17-26)22-27-18-12-7-13-19-27/h6-7,10-13,16-19,25,28H,5,8-9,14-15,20-24H2,1-4H3/t28-/m0/s1. The molecule has 0 radical (unpaired) electrons. The van der Waals surface area contributed by atoms with Gasteiger partial charge in [0.1, 0.15) is 12.3 Å². The molecule has 2 aromatic carbocycles. The first-order valence-electron chi connectivity index (χ1n) is 13.7. The van der Waals surface area contributed by atoms with Gasteiger partial charge in [-0.1, -0.05) is 92.8 Å². The Kier molecular flexibility index (Phi) is 8.74. The van der Waals surface area contributed by atoms with Crippen molar-refractivity contribution in [3.8, 4) is 0 Å². The third kappa shape index (κ3) is 6.89. The Morgan fingerprint density at radius 2 is 1.50 bits per heavy atom. The van der Waals surface area contributed by atoms with Crippen molar-refractivity contribution in [2.24, 2.45) is 5.92 Å². The minimum absolute atomic E-state index is 0.146. The zero-order valence-corrected chi connectivity index (χ0v) is 22.6. The van der Waals surface area contributed by atoms with Crippen LogP contribution in [0.1, 0.15) is 77.3 Å². The van der Waals surface area contributed by atoms with E-state index in [-0.39, 0.29) is 12.1 Å². The van der Waals surface area contributed by atoms with Crippen LogP contribution in [-0.4, -0.2) is 46.4 Å². The predicted octanol–water partition coefficient (Wildman–Crippen LogP) is 7.01. The fourth-order valence-electron chi connectivity index (χ4n) is 5.99. The normalized spacial score (nSPS) is 20.4. The lowest BCUT2D eigenvalue weighted by Crippen LogP contribution is -2.53. The van der Waals surface area contributed by atoms with Gasteiger partial charge in [0.05, 0.1) is 12.1 Å². The van der Waals surface area contributed by atoms with Crippen molar-refractivity contribution in [2.45, 2.75) is 96.6 Å². The summed E-state index contributed by atoms with van der Waals surface area (Å²) in [6.45, 7) is 10.5. The number of carbonyl (C=O) groups is 1. The van der Waals surface area contributed by atoms with Gasteiger partial charge >= 0.3 is 6.09 Å². The van der Waals surface area contributed by atoms with E-state index in [2.05, 4.69) is 65.6 Å². The molecule has 0 bridgehead atoms. The second-order valence-electron chi connectivity index (χ2n) is 11.7. The van der Waals surface area contributed by atoms with Crippen molar-refractivity contribution < 1.29 is 14.3 Å². The smallest absolute Gasteiger partial charge is 0.412 e. The highest BCUT2D eigenvalue weighted by Gasteiger charge is 2.49. The SMILES string of the molecule is CC1(C)COC(C)(C)N1C(=O)OC[C@H](CC1CCCCC1)N(Cc1ccccc1)Cc1ccccc1. The van der Waals surface area contributed by atoms with Crippen LogP contribution in [0.2, 0.25) is 0 Å². The van der Waals surface area contributed by atoms with E-state index in [1.54, 1.807) is 4.90 Å². The molecule has 196 valence electrons. The highest BCUT2D eigenvalue weighted by atomic mass is 16.6. The van der Waals surface area contributed by atoms with E-state index >= 15 is 0 Å². The molecule has 1 aliphatic carbocycles. The number of ether oxygens (including phenoxy) is 2. The molecule has 0 N–H and O–H groups in total. The molecule has 2 aliphatic rings. The number of rotatable bonds is 9. The van der Waals surface area contributed by atoms with E-state index in [0.717, 1.165) is 19.5 Å². The van der Waals surface area contributed by atoms with Gasteiger partial charge in [-0.15, -0.1) is 0 Å². The van der Waals surface area contributed by atoms with Crippen molar-refractivity contribution in [3.63, 3.8) is 0 Å². The van der Waals surface area contributed by atoms with E-state index in [9.17, 15) is 4.79 Å². The highest BCUT2D eigenvalue weighted by Crippen LogP contribution is 2.35. The lowest BCUT2D eigenvalue weighted by Gasteiger charge is -2.38. The van der Waals surface area contributed by atoms with E-state index in [1.807, 2.05) is 27.7 Å². The van der Waals surface area contributed by atoms with Crippen molar-refractivity contribution in [1.82, 2.24) is 9.80 Å². The predicted molar refractivity (Wildman–Crippen MR) is 144 cm³/mol. The minimum atomic E-state index is -0.673. The number of nitrogens with zero attached hydrogens (tertiary/aromatic N) is 2. The average molecular weight is 493 g/mol. The minimum Gasteiger partial charge on any atom is -0.448 e. The van der Waals surface area contributed by atoms with Gasteiger partial charge in [-0.25, -0.2) is 4.79 Å². The molecule has 0 unspecified atom stereocenters. The molecule has 36 heavy (non-hydrogen) atoms. The third-order valence-electron chi connectivity index (χ3n) is 7.81. The molecule has 1 atom stereocenters. The number of benzene rings is 2. The molecule has 0 aromatic heterocycles. The molecular weight excluding hydrogens is 448 g/mol. The number of hydrogen-bond donors (Lipinski definition) is 0. The summed E-state index contributed by atoms with van der Waals surface area (Å²) in [5, 5.41) is 0. The van der Waals surface area contributed by atoms with Crippen molar-refractivity contribution in [3.05, 3.63) is 71.8 Å². The monoisotopic (exact) mass is 492 g/mol. The van der Waals surface area contributed by atoms with Gasteiger partial charge in [0.2, 0.25) is 0 Å². The molecule has 1 amide bonds. The molecule has 2 fully saturated rings. The maximum atomic E-state index is 13.4. The van der Waals surface area contributed by atoms with Crippen molar-refractivity contribution >= 4 is 6.09 Å². The fourth-order valence-corrected chi connectivity index (χ4v) is 5.99. The van der Waals surface area contributed by atoms with E-state index in [0.29, 0.717) is 19.1 Å². The second-order valence-corrected chi connectivity index (χ2v) is 11.7. The first-order valence-corrected chi connectivity index (χ1v) is 13.7. The van der Waals surface area contributed by atoms with Crippen molar-refractivity contribution in [2.75, 3.05) is 13.2 Å². The van der Waals surface area contributed by atoms with Crippen LogP contribution in [0.25, 0.3) is 0 Å². The van der Waals surface area contributed by atoms with E-state index < -0.39 is 11.3 Å². The molecular formula is C31H44N2O3. The van der Waals surface area contributed by atoms with Crippen LogP contribution in [0, 0.1) is 5.92 Å². The van der Waals surface area contributed by atoms with E-state index in [1.165, 1.54) is 43.2 Å². The fraction of sp³-hybridized carbons (Fsp3) is 0.581. The molecule has 5 nitrogen and oxygen atoms in total. The van der Waals surface area contributed by atoms with Crippen LogP contribution in [0.4, 0.5) is 4.79 Å². The largest absolute Gasteiger partial charge is 0.448 e. The summed E-state index contributed by atoms with van der Waals surface area (Å²) in [6, 6.07) is 21.4. The lowest BCUT2D eigenvalue weighted by molar-refractivity contribution is -0.0559. The van der Waals surface area contributed by atoms with Gasteiger partial charge in [-0.3, -0.25) is 9.80 Å². The third-order valence-corrected chi connectivity index (χ3v) is 7.81. The average Bonchev–Trinajstić information content (AvgIpc) is 3.10. The number of amides is 1. The molecule has 1 aliphatic heterocycles. The Hall–Kier alpha value is -2.37. The maximum Gasteiger partial charge on any atom is 0.412 e. The van der Waals surface area contributed by atoms with Crippen LogP contribution in [0.3, 0.4) is 0 Å². The van der Waals surface area contributed by atoms with Crippen LogP contribution >= 0.6 is 0 Å². The first kappa shape index (κ1) is 26.7. The Morgan fingerprint density at radius 3 is 2.00 bits per heavy atom. The van der Waals surface area contributed by atoms with Crippen LogP contribution in [-0.2, 0) is 22.6 Å². The summed E-state index contributed by atoms with van der Waals surface area (Å²) in [4.78, 5) is 17.7. The van der Waals surface area contributed by atoms with Gasteiger partial charge in [0, 0.05) is 19.1 Å². The summed E-state index contributed by atoms with van der Waals surface area (Å²) in [5.41, 5.74) is 1.49. The topological polar surface area (TPSA) is 42.0 Å². The van der Waals surface area contributed by atoms with Crippen molar-refractivity contribution in [1.29, 1.82) is 0 Å². The van der Waals surface area contributed by atoms with E-state index in [4.69, 9.17) is 9.47 Å². The number of hydrogen-bond acceptors (Lipinski definition) is 4. The molecule has 1 saturated heterocycles. The van der Waals surface area contributed by atoms with Gasteiger partial charge < -0.3 is 9.47 Å². The maximum absolute atomic E-state index is 13.4. The highest BCUT2D eigenvalue weighted by molar-refractivity contribution is 5.70. The van der Waals surface area contributed by atoms with Crippen LogP contribution in [0.15, 0.2) is 60.7 Å². The summed E-state index contributed by atoms with van der Waals surface area (Å²) >= 11 is 0. The number of carbonyl (C=O) groups excluding carboxylic acids is 1. The Balaban J connectivity index is 1.55. The second kappa shape index (κ2) is 11.8. The van der Waals surface area contributed by atoms with Crippen LogP contribution in [0.5, 0.6) is 0 Å². The Labute approximate surface area is 217 Å². The quantitative estimate of drug-likeness (QED) is 0.377. The Morgan fingerprint density at radius 1 is 0.944 bits per heavy atom. The summed E-state index contributed by atoms with van der Waals surface area (Å²) < 4.78 is 12.1. The summed E-state index contributed by atoms with van der Waals surface area (Å²) in [6.07, 6.45) is 7.27. The van der Waals surface area contributed by atoms with Gasteiger partial charge in [-0.05, 0) is 51.2 Å². The summed E-state index contributed by atoms with van der Waals surface area (Å²) in [7, 11) is 0. The molecule has 1 heterocycles. The molecule has 2 aromatic rings. The van der Waals surface area contributed by atoms with Crippen LogP contribution < -0.4 is 0 Å².